The molecule has 0 spiro atoms. The number of ketones is 1. The molecule has 9 nitrogen and oxygen atoms in total. The van der Waals surface area contributed by atoms with Gasteiger partial charge in [0.15, 0.2) is 5.82 Å². The molecule has 0 fully saturated rings. The van der Waals surface area contributed by atoms with Crippen molar-refractivity contribution in [3.8, 4) is 11.5 Å². The number of hydrogen-bond acceptors (Lipinski definition) is 8. The first-order valence-corrected chi connectivity index (χ1v) is 12.2. The average molecular weight is 562 g/mol. The molecule has 0 saturated heterocycles. The first-order chi connectivity index (χ1) is 18.6. The van der Waals surface area contributed by atoms with E-state index in [9.17, 15) is 31.9 Å². The predicted molar refractivity (Wildman–Crippen MR) is 129 cm³/mol. The van der Waals surface area contributed by atoms with E-state index in [1.54, 1.807) is 41.9 Å². The summed E-state index contributed by atoms with van der Waals surface area (Å²) >= 11 is 1.30. The molecule has 0 aliphatic rings. The summed E-state index contributed by atoms with van der Waals surface area (Å²) in [7, 11) is 0. The number of alkyl halides is 3. The summed E-state index contributed by atoms with van der Waals surface area (Å²) in [4.78, 5) is 46.1. The summed E-state index contributed by atoms with van der Waals surface area (Å²) in [6, 6.07) is 9.64. The van der Waals surface area contributed by atoms with Crippen molar-refractivity contribution >= 4 is 28.9 Å². The lowest BCUT2D eigenvalue weighted by atomic mass is 10.0. The zero-order valence-electron chi connectivity index (χ0n) is 19.9. The van der Waals surface area contributed by atoms with Crippen molar-refractivity contribution in [2.75, 3.05) is 0 Å². The summed E-state index contributed by atoms with van der Waals surface area (Å²) in [5.74, 6) is -4.55. The van der Waals surface area contributed by atoms with E-state index in [0.29, 0.717) is 22.7 Å². The number of halogens is 4. The second kappa shape index (κ2) is 11.9. The molecule has 2 aromatic carbocycles. The first kappa shape index (κ1) is 27.6. The van der Waals surface area contributed by atoms with E-state index in [2.05, 4.69) is 25.8 Å². The molecule has 14 heteroatoms. The predicted octanol–water partition coefficient (Wildman–Crippen LogP) is 3.51. The Bertz CT molecular complexity index is 1460. The number of amides is 2. The molecule has 4 aromatic rings. The minimum Gasteiger partial charge on any atom is -0.345 e. The highest BCUT2D eigenvalue weighted by Gasteiger charge is 2.35. The average Bonchev–Trinajstić information content (AvgIpc) is 3.59. The molecule has 0 bridgehead atoms. The van der Waals surface area contributed by atoms with Crippen molar-refractivity contribution < 1.29 is 36.5 Å². The minimum atomic E-state index is -4.93. The van der Waals surface area contributed by atoms with Crippen LogP contribution >= 0.6 is 11.3 Å². The molecule has 2 aromatic heterocycles. The molecule has 202 valence electrons. The molecule has 4 rings (SSSR count). The third kappa shape index (κ3) is 7.31. The van der Waals surface area contributed by atoms with Gasteiger partial charge in [0.1, 0.15) is 16.9 Å². The zero-order chi connectivity index (χ0) is 28.0. The standard InChI is InChI=1S/C25H19F4N5O4S/c26-17-7-6-15(11-16(17)25(27,28)29)24-33-19(34-38-24)12-20(35)32-18(10-14-4-2-1-3-5-14)22(36)23(37)31-13-21-30-8-9-39-21/h1-9,11,18H,10,12-13H2,(H,31,37)(H,32,35)/t18-/m1/s1. The van der Waals surface area contributed by atoms with Crippen LogP contribution in [0.3, 0.4) is 0 Å². The number of nitrogens with zero attached hydrogens (tertiary/aromatic N) is 3. The lowest BCUT2D eigenvalue weighted by molar-refractivity contribution is -0.140. The van der Waals surface area contributed by atoms with Gasteiger partial charge >= 0.3 is 6.18 Å². The number of carbonyl (C=O) groups excluding carboxylic acids is 3. The van der Waals surface area contributed by atoms with Gasteiger partial charge in [-0.1, -0.05) is 35.5 Å². The Morgan fingerprint density at radius 3 is 2.54 bits per heavy atom. The Hall–Kier alpha value is -4.46. The Labute approximate surface area is 222 Å². The second-order valence-electron chi connectivity index (χ2n) is 8.17. The Morgan fingerprint density at radius 2 is 1.85 bits per heavy atom. The van der Waals surface area contributed by atoms with Crippen LogP contribution in [0.1, 0.15) is 22.0 Å². The molecular weight excluding hydrogens is 542 g/mol. The molecule has 0 aliphatic heterocycles. The molecule has 0 radical (unpaired) electrons. The summed E-state index contributed by atoms with van der Waals surface area (Å²) in [6.45, 7) is 0.0410. The number of rotatable bonds is 10. The van der Waals surface area contributed by atoms with Crippen molar-refractivity contribution in [1.29, 1.82) is 0 Å². The van der Waals surface area contributed by atoms with E-state index >= 15 is 0 Å². The van der Waals surface area contributed by atoms with Crippen LogP contribution in [-0.4, -0.2) is 38.8 Å². The van der Waals surface area contributed by atoms with Crippen LogP contribution < -0.4 is 10.6 Å². The maximum atomic E-state index is 13.6. The maximum absolute atomic E-state index is 13.6. The van der Waals surface area contributed by atoms with Crippen LogP contribution in [-0.2, 0) is 39.9 Å². The van der Waals surface area contributed by atoms with Crippen molar-refractivity contribution in [3.05, 3.63) is 87.9 Å². The molecule has 2 heterocycles. The number of carbonyl (C=O) groups is 3. The summed E-state index contributed by atoms with van der Waals surface area (Å²) in [5.41, 5.74) is -1.02. The Balaban J connectivity index is 1.45. The van der Waals surface area contributed by atoms with Gasteiger partial charge in [0.2, 0.25) is 11.7 Å². The fraction of sp³-hybridized carbons (Fsp3) is 0.200. The third-order valence-corrected chi connectivity index (χ3v) is 6.13. The zero-order valence-corrected chi connectivity index (χ0v) is 20.7. The van der Waals surface area contributed by atoms with Crippen molar-refractivity contribution in [2.45, 2.75) is 31.6 Å². The number of aromatic nitrogens is 3. The van der Waals surface area contributed by atoms with E-state index in [0.717, 1.165) is 6.07 Å². The fourth-order valence-corrected chi connectivity index (χ4v) is 4.06. The van der Waals surface area contributed by atoms with Crippen LogP contribution in [0.25, 0.3) is 11.5 Å². The lowest BCUT2D eigenvalue weighted by Crippen LogP contribution is -2.49. The number of thiazole rings is 1. The van der Waals surface area contributed by atoms with E-state index in [1.165, 1.54) is 11.3 Å². The van der Waals surface area contributed by atoms with E-state index in [-0.39, 0.29) is 30.2 Å². The molecule has 2 N–H and O–H groups in total. The first-order valence-electron chi connectivity index (χ1n) is 11.3. The topological polar surface area (TPSA) is 127 Å². The fourth-order valence-electron chi connectivity index (χ4n) is 3.51. The number of hydrogen-bond donors (Lipinski definition) is 2. The van der Waals surface area contributed by atoms with Crippen LogP contribution in [0.15, 0.2) is 64.6 Å². The van der Waals surface area contributed by atoms with E-state index in [4.69, 9.17) is 4.52 Å². The molecule has 0 aliphatic carbocycles. The van der Waals surface area contributed by atoms with E-state index in [1.807, 2.05) is 0 Å². The number of Topliss-reactive ketones (excluding diaryl/α,β-unsaturated/α-hetero) is 1. The summed E-state index contributed by atoms with van der Waals surface area (Å²) < 4.78 is 57.6. The van der Waals surface area contributed by atoms with Gasteiger partial charge in [-0.25, -0.2) is 9.37 Å². The quantitative estimate of drug-likeness (QED) is 0.224. The van der Waals surface area contributed by atoms with Gasteiger partial charge in [-0.2, -0.15) is 18.2 Å². The molecule has 0 saturated carbocycles. The number of nitrogens with one attached hydrogen (secondary N) is 2. The van der Waals surface area contributed by atoms with Gasteiger partial charge in [-0.3, -0.25) is 14.4 Å². The highest BCUT2D eigenvalue weighted by Crippen LogP contribution is 2.33. The molecule has 1 atom stereocenters. The van der Waals surface area contributed by atoms with Crippen molar-refractivity contribution in [2.24, 2.45) is 0 Å². The van der Waals surface area contributed by atoms with Gasteiger partial charge in [0, 0.05) is 23.6 Å². The molecule has 0 unspecified atom stereocenters. The summed E-state index contributed by atoms with van der Waals surface area (Å²) in [6.07, 6.45) is -3.86. The van der Waals surface area contributed by atoms with Crippen LogP contribution in [0.2, 0.25) is 0 Å². The molecular formula is C25H19F4N5O4S. The summed E-state index contributed by atoms with van der Waals surface area (Å²) in [5, 5.41) is 10.9. The smallest absolute Gasteiger partial charge is 0.345 e. The van der Waals surface area contributed by atoms with Gasteiger partial charge < -0.3 is 15.2 Å². The van der Waals surface area contributed by atoms with Crippen LogP contribution in [0.4, 0.5) is 17.6 Å². The van der Waals surface area contributed by atoms with Gasteiger partial charge in [-0.15, -0.1) is 11.3 Å². The van der Waals surface area contributed by atoms with Gasteiger partial charge in [-0.05, 0) is 23.8 Å². The van der Waals surface area contributed by atoms with Crippen LogP contribution in [0, 0.1) is 5.82 Å². The highest BCUT2D eigenvalue weighted by molar-refractivity contribution is 7.09. The third-order valence-electron chi connectivity index (χ3n) is 5.35. The van der Waals surface area contributed by atoms with Gasteiger partial charge in [0.25, 0.3) is 11.8 Å². The minimum absolute atomic E-state index is 0.0172. The number of benzene rings is 2. The highest BCUT2D eigenvalue weighted by atomic mass is 32.1. The maximum Gasteiger partial charge on any atom is 0.419 e. The lowest BCUT2D eigenvalue weighted by Gasteiger charge is -2.17. The second-order valence-corrected chi connectivity index (χ2v) is 9.15. The molecule has 2 amide bonds. The van der Waals surface area contributed by atoms with Crippen molar-refractivity contribution in [3.63, 3.8) is 0 Å². The van der Waals surface area contributed by atoms with Crippen molar-refractivity contribution in [1.82, 2.24) is 25.8 Å². The van der Waals surface area contributed by atoms with Crippen LogP contribution in [0.5, 0.6) is 0 Å². The molecule has 39 heavy (non-hydrogen) atoms. The monoisotopic (exact) mass is 561 g/mol. The Morgan fingerprint density at radius 1 is 1.08 bits per heavy atom. The van der Waals surface area contributed by atoms with Gasteiger partial charge in [0.05, 0.1) is 18.5 Å². The Kier molecular flexibility index (Phi) is 8.44. The SMILES string of the molecule is O=C(Cc1noc(-c2ccc(F)c(C(F)(F)F)c2)n1)N[C@H](Cc1ccccc1)C(=O)C(=O)NCc1nccs1. The normalized spacial score (nSPS) is 12.1. The largest absolute Gasteiger partial charge is 0.419 e. The van der Waals surface area contributed by atoms with E-state index < -0.39 is 47.6 Å².